The van der Waals surface area contributed by atoms with Crippen molar-refractivity contribution < 1.29 is 4.79 Å². The second-order valence-electron chi connectivity index (χ2n) is 4.92. The molecule has 0 saturated heterocycles. The lowest BCUT2D eigenvalue weighted by Crippen LogP contribution is -2.40. The monoisotopic (exact) mass is 267 g/mol. The highest BCUT2D eigenvalue weighted by molar-refractivity contribution is 7.15. The van der Waals surface area contributed by atoms with E-state index in [-0.39, 0.29) is 17.9 Å². The fraction of sp³-hybridized carbons (Fsp3) is 0.692. The van der Waals surface area contributed by atoms with Crippen molar-refractivity contribution in [3.63, 3.8) is 0 Å². The molecule has 0 aliphatic heterocycles. The second-order valence-corrected chi connectivity index (χ2v) is 6.12. The van der Waals surface area contributed by atoms with Crippen LogP contribution in [0.5, 0.6) is 0 Å². The van der Waals surface area contributed by atoms with Crippen LogP contribution in [0.15, 0.2) is 0 Å². The summed E-state index contributed by atoms with van der Waals surface area (Å²) in [6, 6.07) is 0.00505. The predicted octanol–water partition coefficient (Wildman–Crippen LogP) is 2.47. The van der Waals surface area contributed by atoms with E-state index in [0.717, 1.165) is 37.8 Å². The van der Waals surface area contributed by atoms with Gasteiger partial charge in [-0.25, -0.2) is 4.98 Å². The van der Waals surface area contributed by atoms with Gasteiger partial charge >= 0.3 is 0 Å². The number of nitrogens with one attached hydrogen (secondary N) is 1. The van der Waals surface area contributed by atoms with Crippen LogP contribution < -0.4 is 11.1 Å². The summed E-state index contributed by atoms with van der Waals surface area (Å²) >= 11 is 1.55. The molecule has 100 valence electrons. The summed E-state index contributed by atoms with van der Waals surface area (Å²) in [6.07, 6.45) is 5.00. The SMILES string of the molecule is CCc1nc(NC(=O)C2CCCCC2N)sc1C. The van der Waals surface area contributed by atoms with Gasteiger partial charge in [0.05, 0.1) is 11.6 Å². The number of hydrogen-bond acceptors (Lipinski definition) is 4. The van der Waals surface area contributed by atoms with E-state index in [1.165, 1.54) is 4.88 Å². The van der Waals surface area contributed by atoms with E-state index in [1.54, 1.807) is 11.3 Å². The molecular weight excluding hydrogens is 246 g/mol. The summed E-state index contributed by atoms with van der Waals surface area (Å²) in [6.45, 7) is 4.11. The third kappa shape index (κ3) is 2.90. The molecule has 2 unspecified atom stereocenters. The van der Waals surface area contributed by atoms with Crippen LogP contribution in [0.3, 0.4) is 0 Å². The smallest absolute Gasteiger partial charge is 0.230 e. The number of nitrogens with two attached hydrogens (primary N) is 1. The lowest BCUT2D eigenvalue weighted by Gasteiger charge is -2.26. The molecule has 0 radical (unpaired) electrons. The number of aromatic nitrogens is 1. The maximum absolute atomic E-state index is 12.2. The predicted molar refractivity (Wildman–Crippen MR) is 74.8 cm³/mol. The van der Waals surface area contributed by atoms with Crippen LogP contribution in [-0.4, -0.2) is 16.9 Å². The Morgan fingerprint density at radius 3 is 2.83 bits per heavy atom. The van der Waals surface area contributed by atoms with Crippen LogP contribution in [0.2, 0.25) is 0 Å². The molecule has 1 aliphatic carbocycles. The van der Waals surface area contributed by atoms with E-state index in [4.69, 9.17) is 5.73 Å². The van der Waals surface area contributed by atoms with Crippen LogP contribution in [0.4, 0.5) is 5.13 Å². The molecule has 2 atom stereocenters. The fourth-order valence-electron chi connectivity index (χ4n) is 2.49. The molecule has 0 spiro atoms. The molecule has 1 heterocycles. The van der Waals surface area contributed by atoms with Crippen molar-refractivity contribution in [3.8, 4) is 0 Å². The Bertz CT molecular complexity index is 430. The topological polar surface area (TPSA) is 68.0 Å². The van der Waals surface area contributed by atoms with E-state index in [1.807, 2.05) is 6.92 Å². The minimum absolute atomic E-state index is 0.00505. The summed E-state index contributed by atoms with van der Waals surface area (Å²) in [4.78, 5) is 17.8. The van der Waals surface area contributed by atoms with Gasteiger partial charge in [-0.3, -0.25) is 4.79 Å². The van der Waals surface area contributed by atoms with Crippen molar-refractivity contribution in [1.29, 1.82) is 0 Å². The van der Waals surface area contributed by atoms with Crippen LogP contribution >= 0.6 is 11.3 Å². The molecule has 1 fully saturated rings. The molecule has 1 aromatic rings. The lowest BCUT2D eigenvalue weighted by atomic mass is 9.84. The number of anilines is 1. The van der Waals surface area contributed by atoms with Crippen molar-refractivity contribution in [3.05, 3.63) is 10.6 Å². The Balaban J connectivity index is 2.01. The minimum atomic E-state index is -0.0481. The highest BCUT2D eigenvalue weighted by atomic mass is 32.1. The first-order chi connectivity index (χ1) is 8.61. The van der Waals surface area contributed by atoms with Crippen molar-refractivity contribution >= 4 is 22.4 Å². The molecule has 1 amide bonds. The standard InChI is InChI=1S/C13H21N3OS/c1-3-11-8(2)18-13(15-11)16-12(17)9-6-4-5-7-10(9)14/h9-10H,3-7,14H2,1-2H3,(H,15,16,17). The molecule has 0 bridgehead atoms. The van der Waals surface area contributed by atoms with Crippen molar-refractivity contribution in [1.82, 2.24) is 4.98 Å². The number of nitrogens with zero attached hydrogens (tertiary/aromatic N) is 1. The highest BCUT2D eigenvalue weighted by Crippen LogP contribution is 2.26. The zero-order chi connectivity index (χ0) is 13.1. The summed E-state index contributed by atoms with van der Waals surface area (Å²) in [7, 11) is 0. The van der Waals surface area contributed by atoms with Gasteiger partial charge in [0.1, 0.15) is 0 Å². The van der Waals surface area contributed by atoms with Gasteiger partial charge in [-0.2, -0.15) is 0 Å². The Kier molecular flexibility index (Phi) is 4.35. The molecule has 3 N–H and O–H groups in total. The Labute approximate surface area is 112 Å². The third-order valence-electron chi connectivity index (χ3n) is 3.61. The average Bonchev–Trinajstić information content (AvgIpc) is 2.69. The second kappa shape index (κ2) is 5.80. The van der Waals surface area contributed by atoms with Gasteiger partial charge in [-0.05, 0) is 26.2 Å². The van der Waals surface area contributed by atoms with Gasteiger partial charge in [-0.1, -0.05) is 19.8 Å². The molecule has 1 aliphatic rings. The van der Waals surface area contributed by atoms with Crippen LogP contribution in [-0.2, 0) is 11.2 Å². The van der Waals surface area contributed by atoms with Crippen molar-refractivity contribution in [2.45, 2.75) is 52.0 Å². The van der Waals surface area contributed by atoms with Crippen LogP contribution in [0.25, 0.3) is 0 Å². The molecule has 1 saturated carbocycles. The molecule has 18 heavy (non-hydrogen) atoms. The number of amides is 1. The summed E-state index contributed by atoms with van der Waals surface area (Å²) in [5.74, 6) is -0.00774. The normalized spacial score (nSPS) is 23.9. The van der Waals surface area contributed by atoms with E-state index < -0.39 is 0 Å². The molecule has 5 heteroatoms. The quantitative estimate of drug-likeness (QED) is 0.884. The van der Waals surface area contributed by atoms with Gasteiger partial charge < -0.3 is 11.1 Å². The molecular formula is C13H21N3OS. The van der Waals surface area contributed by atoms with Crippen molar-refractivity contribution in [2.24, 2.45) is 11.7 Å². The number of rotatable bonds is 3. The first-order valence-corrected chi connectivity index (χ1v) is 7.46. The first kappa shape index (κ1) is 13.5. The summed E-state index contributed by atoms with van der Waals surface area (Å²) in [5, 5.41) is 3.64. The van der Waals surface area contributed by atoms with Gasteiger partial charge in [0.25, 0.3) is 0 Å². The van der Waals surface area contributed by atoms with Gasteiger partial charge in [0.15, 0.2) is 5.13 Å². The van der Waals surface area contributed by atoms with Crippen molar-refractivity contribution in [2.75, 3.05) is 5.32 Å². The number of hydrogen-bond donors (Lipinski definition) is 2. The van der Waals surface area contributed by atoms with E-state index in [2.05, 4.69) is 17.2 Å². The zero-order valence-electron chi connectivity index (χ0n) is 11.0. The number of thiazole rings is 1. The van der Waals surface area contributed by atoms with E-state index >= 15 is 0 Å². The average molecular weight is 267 g/mol. The van der Waals surface area contributed by atoms with Gasteiger partial charge in [-0.15, -0.1) is 11.3 Å². The first-order valence-electron chi connectivity index (χ1n) is 6.64. The zero-order valence-corrected chi connectivity index (χ0v) is 11.8. The molecule has 1 aromatic heterocycles. The minimum Gasteiger partial charge on any atom is -0.327 e. The van der Waals surface area contributed by atoms with E-state index in [9.17, 15) is 4.79 Å². The Morgan fingerprint density at radius 1 is 1.50 bits per heavy atom. The Hall–Kier alpha value is -0.940. The largest absolute Gasteiger partial charge is 0.327 e. The summed E-state index contributed by atoms with van der Waals surface area (Å²) in [5.41, 5.74) is 7.09. The lowest BCUT2D eigenvalue weighted by molar-refractivity contribution is -0.121. The third-order valence-corrected chi connectivity index (χ3v) is 4.54. The van der Waals surface area contributed by atoms with Crippen LogP contribution in [0, 0.1) is 12.8 Å². The number of carbonyl (C=O) groups is 1. The molecule has 2 rings (SSSR count). The van der Waals surface area contributed by atoms with Gasteiger partial charge in [0.2, 0.25) is 5.91 Å². The van der Waals surface area contributed by atoms with Gasteiger partial charge in [0, 0.05) is 10.9 Å². The summed E-state index contributed by atoms with van der Waals surface area (Å²) < 4.78 is 0. The highest BCUT2D eigenvalue weighted by Gasteiger charge is 2.28. The molecule has 4 nitrogen and oxygen atoms in total. The van der Waals surface area contributed by atoms with E-state index in [0.29, 0.717) is 5.13 Å². The fourth-order valence-corrected chi connectivity index (χ4v) is 3.40. The Morgan fingerprint density at radius 2 is 2.22 bits per heavy atom. The van der Waals surface area contributed by atoms with Crippen LogP contribution in [0.1, 0.15) is 43.2 Å². The maximum Gasteiger partial charge on any atom is 0.230 e. The maximum atomic E-state index is 12.2. The molecule has 0 aromatic carbocycles. The number of aryl methyl sites for hydroxylation is 2. The number of carbonyl (C=O) groups excluding carboxylic acids is 1.